The number of carbonyl (C=O) groups is 3. The van der Waals surface area contributed by atoms with Crippen LogP contribution in [0.5, 0.6) is 0 Å². The fourth-order valence-corrected chi connectivity index (χ4v) is 3.43. The van der Waals surface area contributed by atoms with E-state index in [4.69, 9.17) is 46.4 Å². The number of benzene rings is 1. The number of halogens is 4. The highest BCUT2D eigenvalue weighted by Gasteiger charge is 2.46. The third-order valence-corrected chi connectivity index (χ3v) is 5.23. The van der Waals surface area contributed by atoms with Gasteiger partial charge in [-0.3, -0.25) is 14.5 Å². The molecule has 1 N–H and O–H groups in total. The van der Waals surface area contributed by atoms with Crippen LogP contribution in [0.25, 0.3) is 0 Å². The highest BCUT2D eigenvalue weighted by atomic mass is 35.5. The maximum absolute atomic E-state index is 12.6. The van der Waals surface area contributed by atoms with E-state index in [1.165, 1.54) is 0 Å². The molecule has 0 bridgehead atoms. The molecule has 0 spiro atoms. The number of rotatable bonds is 4. The average Bonchev–Trinajstić information content (AvgIpc) is 2.71. The largest absolute Gasteiger partial charge is 0.480 e. The van der Waals surface area contributed by atoms with Crippen molar-refractivity contribution in [2.45, 2.75) is 26.3 Å². The summed E-state index contributed by atoms with van der Waals surface area (Å²) in [6.45, 7) is 3.56. The van der Waals surface area contributed by atoms with Crippen LogP contribution in [0.4, 0.5) is 0 Å². The summed E-state index contributed by atoms with van der Waals surface area (Å²) in [4.78, 5) is 37.3. The zero-order valence-corrected chi connectivity index (χ0v) is 15.0. The summed E-state index contributed by atoms with van der Waals surface area (Å²) in [5.74, 6) is -3.04. The maximum Gasteiger partial charge on any atom is 0.326 e. The monoisotopic (exact) mass is 397 g/mol. The van der Waals surface area contributed by atoms with Crippen LogP contribution < -0.4 is 0 Å². The van der Waals surface area contributed by atoms with Gasteiger partial charge in [-0.15, -0.1) is 0 Å². The van der Waals surface area contributed by atoms with Crippen molar-refractivity contribution in [2.75, 3.05) is 0 Å². The number of carboxylic acids is 1. The summed E-state index contributed by atoms with van der Waals surface area (Å²) in [6.07, 6.45) is 0.0947. The SMILES string of the molecule is CC(C)C[C@H](C(=O)O)N1C(=O)c2c(Cl)c(Cl)c(Cl)c(Cl)c2C1=O. The van der Waals surface area contributed by atoms with Gasteiger partial charge in [-0.2, -0.15) is 0 Å². The minimum absolute atomic E-state index is 0.0569. The van der Waals surface area contributed by atoms with Crippen molar-refractivity contribution in [3.05, 3.63) is 31.2 Å². The van der Waals surface area contributed by atoms with Gasteiger partial charge in [0.1, 0.15) is 6.04 Å². The first-order valence-electron chi connectivity index (χ1n) is 6.56. The smallest absolute Gasteiger partial charge is 0.326 e. The second-order valence-corrected chi connectivity index (χ2v) is 6.98. The Balaban J connectivity index is 2.64. The molecule has 1 atom stereocenters. The molecule has 2 rings (SSSR count). The van der Waals surface area contributed by atoms with Crippen LogP contribution in [-0.2, 0) is 4.79 Å². The van der Waals surface area contributed by atoms with E-state index in [-0.39, 0.29) is 43.6 Å². The van der Waals surface area contributed by atoms with Crippen LogP contribution >= 0.6 is 46.4 Å². The standard InChI is InChI=1S/C14H11Cl4NO4/c1-4(2)3-5(14(22)23)19-12(20)6-7(13(19)21)9(16)11(18)10(17)8(6)15/h4-5H,3H2,1-2H3,(H,22,23)/t5-/m1/s1. The first kappa shape index (κ1) is 18.3. The fraction of sp³-hybridized carbons (Fsp3) is 0.357. The lowest BCUT2D eigenvalue weighted by atomic mass is 10.0. The molecule has 0 saturated carbocycles. The molecule has 1 aliphatic rings. The molecule has 0 unspecified atom stereocenters. The van der Waals surface area contributed by atoms with E-state index in [1.807, 2.05) is 0 Å². The molecule has 0 radical (unpaired) electrons. The molecule has 2 amide bonds. The van der Waals surface area contributed by atoms with Gasteiger partial charge in [0.05, 0.1) is 31.2 Å². The number of fused-ring (bicyclic) bond motifs is 1. The number of hydrogen-bond acceptors (Lipinski definition) is 3. The molecule has 0 saturated heterocycles. The number of nitrogens with zero attached hydrogens (tertiary/aromatic N) is 1. The van der Waals surface area contributed by atoms with E-state index in [2.05, 4.69) is 0 Å². The van der Waals surface area contributed by atoms with Gasteiger partial charge in [0.25, 0.3) is 11.8 Å². The van der Waals surface area contributed by atoms with Crippen molar-refractivity contribution < 1.29 is 19.5 Å². The third kappa shape index (κ3) is 2.91. The van der Waals surface area contributed by atoms with Gasteiger partial charge in [0.15, 0.2) is 0 Å². The van der Waals surface area contributed by atoms with Gasteiger partial charge in [0.2, 0.25) is 0 Å². The summed E-state index contributed by atoms with van der Waals surface area (Å²) in [7, 11) is 0. The van der Waals surface area contributed by atoms with E-state index in [9.17, 15) is 19.5 Å². The van der Waals surface area contributed by atoms with Crippen molar-refractivity contribution in [1.82, 2.24) is 4.90 Å². The van der Waals surface area contributed by atoms with E-state index >= 15 is 0 Å². The lowest BCUT2D eigenvalue weighted by molar-refractivity contribution is -0.142. The second kappa shape index (κ2) is 6.48. The van der Waals surface area contributed by atoms with Gasteiger partial charge in [-0.1, -0.05) is 60.3 Å². The highest BCUT2D eigenvalue weighted by Crippen LogP contribution is 2.45. The quantitative estimate of drug-likeness (QED) is 0.463. The Labute approximate surface area is 152 Å². The van der Waals surface area contributed by atoms with Gasteiger partial charge in [-0.25, -0.2) is 4.79 Å². The van der Waals surface area contributed by atoms with Crippen LogP contribution in [0.15, 0.2) is 0 Å². The number of amides is 2. The number of hydrogen-bond donors (Lipinski definition) is 1. The van der Waals surface area contributed by atoms with Crippen LogP contribution in [0.1, 0.15) is 41.0 Å². The Morgan fingerprint density at radius 3 is 1.65 bits per heavy atom. The van der Waals surface area contributed by atoms with Crippen molar-refractivity contribution in [2.24, 2.45) is 5.92 Å². The number of carbonyl (C=O) groups excluding carboxylic acids is 2. The van der Waals surface area contributed by atoms with Gasteiger partial charge < -0.3 is 5.11 Å². The summed E-state index contributed by atoms with van der Waals surface area (Å²) in [6, 6.07) is -1.33. The van der Waals surface area contributed by atoms with Crippen LogP contribution in [0.2, 0.25) is 20.1 Å². The Morgan fingerprint density at radius 2 is 1.35 bits per heavy atom. The zero-order chi connectivity index (χ0) is 17.6. The van der Waals surface area contributed by atoms with Crippen LogP contribution in [0.3, 0.4) is 0 Å². The summed E-state index contributed by atoms with van der Waals surface area (Å²) in [5, 5.41) is 8.63. The Kier molecular flexibility index (Phi) is 5.16. The number of carboxylic acid groups (broad SMARTS) is 1. The lowest BCUT2D eigenvalue weighted by Gasteiger charge is -2.23. The maximum atomic E-state index is 12.6. The predicted molar refractivity (Wildman–Crippen MR) is 87.9 cm³/mol. The lowest BCUT2D eigenvalue weighted by Crippen LogP contribution is -2.45. The summed E-state index contributed by atoms with van der Waals surface area (Å²) < 4.78 is 0. The minimum atomic E-state index is -1.33. The molecule has 124 valence electrons. The van der Waals surface area contributed by atoms with Crippen LogP contribution in [-0.4, -0.2) is 33.8 Å². The second-order valence-electron chi connectivity index (χ2n) is 5.47. The first-order chi connectivity index (χ1) is 10.6. The normalized spacial score (nSPS) is 15.3. The molecule has 1 aliphatic heterocycles. The Morgan fingerprint density at radius 1 is 0.957 bits per heavy atom. The van der Waals surface area contributed by atoms with Gasteiger partial charge in [-0.05, 0) is 12.3 Å². The van der Waals surface area contributed by atoms with Crippen LogP contribution in [0, 0.1) is 5.92 Å². The fourth-order valence-electron chi connectivity index (χ4n) is 2.41. The topological polar surface area (TPSA) is 74.7 Å². The molecule has 1 heterocycles. The third-order valence-electron chi connectivity index (χ3n) is 3.42. The Hall–Kier alpha value is -1.01. The average molecular weight is 399 g/mol. The van der Waals surface area contributed by atoms with Gasteiger partial charge in [0, 0.05) is 0 Å². The molecule has 1 aromatic carbocycles. The van der Waals surface area contributed by atoms with E-state index in [0.717, 1.165) is 0 Å². The molecular formula is C14H11Cl4NO4. The molecule has 0 aromatic heterocycles. The van der Waals surface area contributed by atoms with Gasteiger partial charge >= 0.3 is 5.97 Å². The molecule has 9 heteroatoms. The number of imide groups is 1. The zero-order valence-electron chi connectivity index (χ0n) is 12.0. The summed E-state index contributed by atoms with van der Waals surface area (Å²) in [5.41, 5.74) is -0.433. The van der Waals surface area contributed by atoms with Crippen molar-refractivity contribution in [1.29, 1.82) is 0 Å². The Bertz CT molecular complexity index is 685. The summed E-state index contributed by atoms with van der Waals surface area (Å²) >= 11 is 23.8. The molecule has 23 heavy (non-hydrogen) atoms. The molecule has 5 nitrogen and oxygen atoms in total. The molecular weight excluding hydrogens is 388 g/mol. The van der Waals surface area contributed by atoms with Crippen molar-refractivity contribution in [3.63, 3.8) is 0 Å². The number of aliphatic carboxylic acids is 1. The minimum Gasteiger partial charge on any atom is -0.480 e. The highest BCUT2D eigenvalue weighted by molar-refractivity contribution is 6.55. The van der Waals surface area contributed by atoms with E-state index < -0.39 is 23.8 Å². The van der Waals surface area contributed by atoms with Crippen molar-refractivity contribution in [3.8, 4) is 0 Å². The molecule has 0 aliphatic carbocycles. The predicted octanol–water partition coefficient (Wildman–Crippen LogP) is 4.40. The van der Waals surface area contributed by atoms with Crippen molar-refractivity contribution >= 4 is 64.2 Å². The molecule has 0 fully saturated rings. The van der Waals surface area contributed by atoms with E-state index in [1.54, 1.807) is 13.8 Å². The molecule has 1 aromatic rings. The van der Waals surface area contributed by atoms with E-state index in [0.29, 0.717) is 4.90 Å². The first-order valence-corrected chi connectivity index (χ1v) is 8.07.